The number of hydrogen-bond donors (Lipinski definition) is 0. The SMILES string of the molecule is COc1cccc(C(=O)C2CC3COCC(C2)N3C(=O)OCc2ccccc2)n1. The molecule has 0 N–H and O–H groups in total. The topological polar surface area (TPSA) is 78.0 Å². The number of piperidine rings is 1. The number of Topliss-reactive ketones (excluding diaryl/α,β-unsaturated/α-hetero) is 1. The van der Waals surface area contributed by atoms with Crippen LogP contribution in [0.5, 0.6) is 5.88 Å². The van der Waals surface area contributed by atoms with Crippen LogP contribution in [0.15, 0.2) is 48.5 Å². The number of fused-ring (bicyclic) bond motifs is 2. The smallest absolute Gasteiger partial charge is 0.410 e. The number of rotatable bonds is 5. The maximum Gasteiger partial charge on any atom is 0.410 e. The van der Waals surface area contributed by atoms with E-state index < -0.39 is 0 Å². The number of ether oxygens (including phenoxy) is 3. The van der Waals surface area contributed by atoms with Gasteiger partial charge in [0.25, 0.3) is 0 Å². The fourth-order valence-electron chi connectivity index (χ4n) is 4.10. The summed E-state index contributed by atoms with van der Waals surface area (Å²) >= 11 is 0. The highest BCUT2D eigenvalue weighted by Gasteiger charge is 2.44. The summed E-state index contributed by atoms with van der Waals surface area (Å²) < 4.78 is 16.3. The second kappa shape index (κ2) is 8.61. The number of amides is 1. The third-order valence-corrected chi connectivity index (χ3v) is 5.49. The first-order valence-corrected chi connectivity index (χ1v) is 9.77. The van der Waals surface area contributed by atoms with Crippen LogP contribution in [0.25, 0.3) is 0 Å². The number of carbonyl (C=O) groups excluding carboxylic acids is 2. The highest BCUT2D eigenvalue weighted by molar-refractivity contribution is 5.96. The molecule has 1 amide bonds. The van der Waals surface area contributed by atoms with Crippen molar-refractivity contribution in [2.75, 3.05) is 20.3 Å². The molecule has 29 heavy (non-hydrogen) atoms. The van der Waals surface area contributed by atoms with E-state index in [1.54, 1.807) is 23.1 Å². The van der Waals surface area contributed by atoms with Crippen LogP contribution in [-0.4, -0.2) is 54.2 Å². The average molecular weight is 396 g/mol. The van der Waals surface area contributed by atoms with Crippen LogP contribution in [0.2, 0.25) is 0 Å². The molecule has 0 aliphatic carbocycles. The van der Waals surface area contributed by atoms with Gasteiger partial charge in [-0.15, -0.1) is 0 Å². The van der Waals surface area contributed by atoms with Crippen molar-refractivity contribution in [1.29, 1.82) is 0 Å². The van der Waals surface area contributed by atoms with Crippen LogP contribution in [0.3, 0.4) is 0 Å². The van der Waals surface area contributed by atoms with E-state index in [2.05, 4.69) is 4.98 Å². The number of aromatic nitrogens is 1. The second-order valence-electron chi connectivity index (χ2n) is 7.39. The standard InChI is InChI=1S/C22H24N2O5/c1-27-20-9-5-8-19(23-20)21(25)16-10-17-13-28-14-18(11-16)24(17)22(26)29-12-15-6-3-2-4-7-15/h2-9,16-18H,10-14H2,1H3. The number of nitrogens with zero attached hydrogens (tertiary/aromatic N) is 2. The van der Waals surface area contributed by atoms with Crippen LogP contribution in [-0.2, 0) is 16.1 Å². The third-order valence-electron chi connectivity index (χ3n) is 5.49. The van der Waals surface area contributed by atoms with Gasteiger partial charge >= 0.3 is 6.09 Å². The van der Waals surface area contributed by atoms with Crippen LogP contribution < -0.4 is 4.74 Å². The average Bonchev–Trinajstić information content (AvgIpc) is 2.76. The summed E-state index contributed by atoms with van der Waals surface area (Å²) in [5.74, 6) is 0.200. The van der Waals surface area contributed by atoms with Crippen molar-refractivity contribution in [2.24, 2.45) is 5.92 Å². The van der Waals surface area contributed by atoms with E-state index >= 15 is 0 Å². The molecule has 2 bridgehead atoms. The highest BCUT2D eigenvalue weighted by atomic mass is 16.6. The molecule has 1 aromatic carbocycles. The molecule has 152 valence electrons. The minimum atomic E-state index is -0.349. The third kappa shape index (κ3) is 4.24. The van der Waals surface area contributed by atoms with E-state index in [9.17, 15) is 9.59 Å². The Kier molecular flexibility index (Phi) is 5.76. The lowest BCUT2D eigenvalue weighted by Gasteiger charge is -2.47. The van der Waals surface area contributed by atoms with E-state index in [0.29, 0.717) is 37.6 Å². The van der Waals surface area contributed by atoms with Crippen LogP contribution in [0.1, 0.15) is 28.9 Å². The van der Waals surface area contributed by atoms with Gasteiger partial charge < -0.3 is 14.2 Å². The fraction of sp³-hybridized carbons (Fsp3) is 0.409. The summed E-state index contributed by atoms with van der Waals surface area (Å²) in [7, 11) is 1.53. The molecule has 2 aliphatic rings. The highest BCUT2D eigenvalue weighted by Crippen LogP contribution is 2.34. The maximum absolute atomic E-state index is 13.0. The summed E-state index contributed by atoms with van der Waals surface area (Å²) in [5, 5.41) is 0. The number of benzene rings is 1. The van der Waals surface area contributed by atoms with Crippen molar-refractivity contribution in [2.45, 2.75) is 31.5 Å². The van der Waals surface area contributed by atoms with Gasteiger partial charge in [0.05, 0.1) is 32.4 Å². The molecule has 0 spiro atoms. The molecule has 2 saturated heterocycles. The fourth-order valence-corrected chi connectivity index (χ4v) is 4.10. The van der Waals surface area contributed by atoms with E-state index in [-0.39, 0.29) is 36.5 Å². The largest absolute Gasteiger partial charge is 0.481 e. The van der Waals surface area contributed by atoms with E-state index in [1.165, 1.54) is 7.11 Å². The normalized spacial score (nSPS) is 23.3. The summed E-state index contributed by atoms with van der Waals surface area (Å²) in [5.41, 5.74) is 1.34. The molecule has 7 heteroatoms. The van der Waals surface area contributed by atoms with Crippen molar-refractivity contribution in [3.63, 3.8) is 0 Å². The molecule has 2 fully saturated rings. The molecule has 2 atom stereocenters. The number of methoxy groups -OCH3 is 1. The van der Waals surface area contributed by atoms with Gasteiger partial charge in [-0.3, -0.25) is 9.69 Å². The monoisotopic (exact) mass is 396 g/mol. The van der Waals surface area contributed by atoms with Gasteiger partial charge in [-0.05, 0) is 24.5 Å². The van der Waals surface area contributed by atoms with E-state index in [1.807, 2.05) is 30.3 Å². The van der Waals surface area contributed by atoms with Crippen molar-refractivity contribution in [1.82, 2.24) is 9.88 Å². The Bertz CT molecular complexity index is 859. The number of carbonyl (C=O) groups is 2. The molecule has 2 unspecified atom stereocenters. The molecule has 0 radical (unpaired) electrons. The van der Waals surface area contributed by atoms with Crippen molar-refractivity contribution >= 4 is 11.9 Å². The van der Waals surface area contributed by atoms with Crippen LogP contribution >= 0.6 is 0 Å². The molecule has 2 aliphatic heterocycles. The van der Waals surface area contributed by atoms with Crippen molar-refractivity contribution in [3.8, 4) is 5.88 Å². The number of morpholine rings is 1. The maximum atomic E-state index is 13.0. The zero-order valence-electron chi connectivity index (χ0n) is 16.3. The van der Waals surface area contributed by atoms with Crippen molar-refractivity contribution < 1.29 is 23.8 Å². The first kappa shape index (κ1) is 19.4. The predicted octanol–water partition coefficient (Wildman–Crippen LogP) is 3.09. The number of ketones is 1. The summed E-state index contributed by atoms with van der Waals surface area (Å²) in [6.07, 6.45) is 0.723. The minimum Gasteiger partial charge on any atom is -0.481 e. The lowest BCUT2D eigenvalue weighted by Crippen LogP contribution is -2.60. The first-order valence-electron chi connectivity index (χ1n) is 9.77. The zero-order valence-corrected chi connectivity index (χ0v) is 16.3. The summed E-state index contributed by atoms with van der Waals surface area (Å²) in [4.78, 5) is 31.8. The van der Waals surface area contributed by atoms with Gasteiger partial charge in [-0.1, -0.05) is 36.4 Å². The molecule has 0 saturated carbocycles. The number of hydrogen-bond acceptors (Lipinski definition) is 6. The van der Waals surface area contributed by atoms with Gasteiger partial charge in [0.2, 0.25) is 5.88 Å². The van der Waals surface area contributed by atoms with E-state index in [4.69, 9.17) is 14.2 Å². The Hall–Kier alpha value is -2.93. The molecule has 3 heterocycles. The lowest BCUT2D eigenvalue weighted by molar-refractivity contribution is -0.0756. The van der Waals surface area contributed by atoms with Gasteiger partial charge in [-0.2, -0.15) is 0 Å². The second-order valence-corrected chi connectivity index (χ2v) is 7.39. The van der Waals surface area contributed by atoms with Gasteiger partial charge in [0, 0.05) is 12.0 Å². The molecule has 7 nitrogen and oxygen atoms in total. The summed E-state index contributed by atoms with van der Waals surface area (Å²) in [6, 6.07) is 14.4. The van der Waals surface area contributed by atoms with Crippen molar-refractivity contribution in [3.05, 3.63) is 59.8 Å². The Labute approximate surface area is 169 Å². The van der Waals surface area contributed by atoms with Gasteiger partial charge in [0.1, 0.15) is 12.3 Å². The van der Waals surface area contributed by atoms with E-state index in [0.717, 1.165) is 5.56 Å². The minimum absolute atomic E-state index is 0.0156. The number of pyridine rings is 1. The molecule has 4 rings (SSSR count). The van der Waals surface area contributed by atoms with Gasteiger partial charge in [-0.25, -0.2) is 9.78 Å². The predicted molar refractivity (Wildman–Crippen MR) is 105 cm³/mol. The first-order chi connectivity index (χ1) is 14.2. The Morgan fingerprint density at radius 1 is 1.07 bits per heavy atom. The molecular formula is C22H24N2O5. The molecule has 2 aromatic rings. The van der Waals surface area contributed by atoms with Crippen LogP contribution in [0.4, 0.5) is 4.79 Å². The molecular weight excluding hydrogens is 372 g/mol. The van der Waals surface area contributed by atoms with Gasteiger partial charge in [0.15, 0.2) is 5.78 Å². The summed E-state index contributed by atoms with van der Waals surface area (Å²) in [6.45, 7) is 1.05. The molecule has 1 aromatic heterocycles. The quantitative estimate of drug-likeness (QED) is 0.723. The van der Waals surface area contributed by atoms with Crippen LogP contribution in [0, 0.1) is 5.92 Å². The Balaban J connectivity index is 1.43. The Morgan fingerprint density at radius 3 is 2.48 bits per heavy atom. The Morgan fingerprint density at radius 2 is 1.79 bits per heavy atom. The zero-order chi connectivity index (χ0) is 20.2. The lowest BCUT2D eigenvalue weighted by atomic mass is 9.82.